The number of carbonyl (C=O) groups excluding carboxylic acids is 1. The van der Waals surface area contributed by atoms with Crippen LogP contribution in [-0.2, 0) is 6.54 Å². The van der Waals surface area contributed by atoms with E-state index in [9.17, 15) is 13.6 Å². The molecule has 0 bridgehead atoms. The molecule has 0 saturated heterocycles. The molecule has 1 N–H and O–H groups in total. The minimum Gasteiger partial charge on any atom is -0.369 e. The molecule has 182 valence electrons. The highest BCUT2D eigenvalue weighted by molar-refractivity contribution is 7.20. The molecule has 3 aromatic heterocycles. The number of fused-ring (bicyclic) bond motifs is 2. The highest BCUT2D eigenvalue weighted by Gasteiger charge is 2.34. The fraction of sp³-hybridized carbons (Fsp3) is 0.400. The number of alkyl halides is 2. The molecule has 1 amide bonds. The lowest BCUT2D eigenvalue weighted by atomic mass is 9.87. The second-order valence-electron chi connectivity index (χ2n) is 9.14. The fourth-order valence-electron chi connectivity index (χ4n) is 4.61. The number of aromatic nitrogens is 4. The van der Waals surface area contributed by atoms with Crippen LogP contribution in [0.5, 0.6) is 0 Å². The maximum Gasteiger partial charge on any atom is 0.264 e. The third-order valence-corrected chi connectivity index (χ3v) is 7.86. The zero-order chi connectivity index (χ0) is 24.6. The number of aryl methyl sites for hydroxylation is 1. The van der Waals surface area contributed by atoms with E-state index in [0.717, 1.165) is 32.4 Å². The van der Waals surface area contributed by atoms with Gasteiger partial charge in [-0.2, -0.15) is 0 Å². The zero-order valence-electron chi connectivity index (χ0n) is 19.6. The normalized spacial score (nSPS) is 16.0. The summed E-state index contributed by atoms with van der Waals surface area (Å²) in [5, 5.41) is 5.06. The molecule has 1 aliphatic rings. The Kier molecular flexibility index (Phi) is 6.31. The van der Waals surface area contributed by atoms with Crippen molar-refractivity contribution in [1.29, 1.82) is 0 Å². The van der Waals surface area contributed by atoms with Crippen LogP contribution in [0.2, 0.25) is 0 Å². The summed E-state index contributed by atoms with van der Waals surface area (Å²) < 4.78 is 27.0. The van der Waals surface area contributed by atoms with Crippen molar-refractivity contribution in [3.63, 3.8) is 0 Å². The van der Waals surface area contributed by atoms with E-state index in [1.165, 1.54) is 24.0 Å². The molecule has 0 atom stereocenters. The minimum atomic E-state index is -2.54. The van der Waals surface area contributed by atoms with Crippen molar-refractivity contribution in [2.45, 2.75) is 45.1 Å². The zero-order valence-corrected chi connectivity index (χ0v) is 20.4. The SMILES string of the molecule is Cc1c(C(=O)N(C)Cc2ncnc3ccccc23)sc2ncnc(NCC3CCC(F)(F)CC3)c12. The molecule has 7 nitrogen and oxygen atoms in total. The van der Waals surface area contributed by atoms with Crippen molar-refractivity contribution in [3.8, 4) is 0 Å². The lowest BCUT2D eigenvalue weighted by Crippen LogP contribution is -2.28. The minimum absolute atomic E-state index is 0.0669. The Labute approximate surface area is 205 Å². The van der Waals surface area contributed by atoms with Crippen LogP contribution in [0.15, 0.2) is 36.9 Å². The fourth-order valence-corrected chi connectivity index (χ4v) is 5.75. The molecule has 1 saturated carbocycles. The van der Waals surface area contributed by atoms with E-state index in [-0.39, 0.29) is 24.7 Å². The van der Waals surface area contributed by atoms with Crippen LogP contribution >= 0.6 is 11.3 Å². The summed E-state index contributed by atoms with van der Waals surface area (Å²) in [6.07, 6.45) is 3.83. The molecule has 3 heterocycles. The number of carbonyl (C=O) groups is 1. The van der Waals surface area contributed by atoms with Crippen molar-refractivity contribution in [3.05, 3.63) is 53.1 Å². The number of thiophene rings is 1. The second-order valence-corrected chi connectivity index (χ2v) is 10.1. The molecule has 1 aromatic carbocycles. The van der Waals surface area contributed by atoms with Gasteiger partial charge >= 0.3 is 0 Å². The second kappa shape index (κ2) is 9.41. The van der Waals surface area contributed by atoms with Crippen molar-refractivity contribution in [2.75, 3.05) is 18.9 Å². The van der Waals surface area contributed by atoms with Crippen LogP contribution < -0.4 is 5.32 Å². The van der Waals surface area contributed by atoms with Crippen LogP contribution in [0.4, 0.5) is 14.6 Å². The highest BCUT2D eigenvalue weighted by Crippen LogP contribution is 2.37. The van der Waals surface area contributed by atoms with E-state index in [2.05, 4.69) is 25.3 Å². The molecule has 0 aliphatic heterocycles. The number of nitrogens with zero attached hydrogens (tertiary/aromatic N) is 5. The van der Waals surface area contributed by atoms with E-state index in [4.69, 9.17) is 0 Å². The van der Waals surface area contributed by atoms with Gasteiger partial charge in [-0.05, 0) is 37.3 Å². The molecule has 1 fully saturated rings. The van der Waals surface area contributed by atoms with Crippen LogP contribution in [0.3, 0.4) is 0 Å². The van der Waals surface area contributed by atoms with Crippen LogP contribution in [0.25, 0.3) is 21.1 Å². The number of anilines is 1. The number of halogens is 2. The summed E-state index contributed by atoms with van der Waals surface area (Å²) in [6.45, 7) is 2.82. The number of para-hydroxylation sites is 1. The van der Waals surface area contributed by atoms with Gasteiger partial charge in [-0.15, -0.1) is 11.3 Å². The highest BCUT2D eigenvalue weighted by atomic mass is 32.1. The van der Waals surface area contributed by atoms with Crippen molar-refractivity contribution < 1.29 is 13.6 Å². The van der Waals surface area contributed by atoms with Gasteiger partial charge in [0.15, 0.2) is 0 Å². The smallest absolute Gasteiger partial charge is 0.264 e. The predicted octanol–water partition coefficient (Wildman–Crippen LogP) is 5.45. The van der Waals surface area contributed by atoms with Crippen LogP contribution in [0, 0.1) is 12.8 Å². The van der Waals surface area contributed by atoms with Gasteiger partial charge in [0, 0.05) is 31.8 Å². The van der Waals surface area contributed by atoms with Gasteiger partial charge in [-0.3, -0.25) is 4.79 Å². The standard InChI is InChI=1S/C25H26F2N6OS/c1-15-20-22(28-11-16-7-9-25(26,27)10-8-16)31-14-32-23(20)35-21(15)24(34)33(2)12-19-17-5-3-4-6-18(17)29-13-30-19/h3-6,13-14,16H,7-12H2,1-2H3,(H,28,31,32). The topological polar surface area (TPSA) is 83.9 Å². The first-order chi connectivity index (χ1) is 16.8. The third-order valence-electron chi connectivity index (χ3n) is 6.67. The van der Waals surface area contributed by atoms with Crippen LogP contribution in [-0.4, -0.2) is 50.3 Å². The van der Waals surface area contributed by atoms with Crippen molar-refractivity contribution in [1.82, 2.24) is 24.8 Å². The number of rotatable bonds is 6. The Morgan fingerprint density at radius 3 is 2.69 bits per heavy atom. The first kappa shape index (κ1) is 23.5. The number of benzene rings is 1. The van der Waals surface area contributed by atoms with Gasteiger partial charge in [0.1, 0.15) is 23.3 Å². The number of amides is 1. The Morgan fingerprint density at radius 2 is 1.89 bits per heavy atom. The monoisotopic (exact) mass is 496 g/mol. The average molecular weight is 497 g/mol. The largest absolute Gasteiger partial charge is 0.369 e. The Bertz CT molecular complexity index is 1380. The molecule has 10 heteroatoms. The molecule has 5 rings (SSSR count). The van der Waals surface area contributed by atoms with Crippen molar-refractivity contribution in [2.24, 2.45) is 5.92 Å². The molecular weight excluding hydrogens is 470 g/mol. The van der Waals surface area contributed by atoms with E-state index in [0.29, 0.717) is 36.6 Å². The lowest BCUT2D eigenvalue weighted by molar-refractivity contribution is -0.0443. The first-order valence-electron chi connectivity index (χ1n) is 11.6. The van der Waals surface area contributed by atoms with Gasteiger partial charge in [0.05, 0.1) is 28.0 Å². The number of nitrogens with one attached hydrogen (secondary N) is 1. The predicted molar refractivity (Wildman–Crippen MR) is 133 cm³/mol. The van der Waals surface area contributed by atoms with E-state index >= 15 is 0 Å². The number of hydrogen-bond acceptors (Lipinski definition) is 7. The van der Waals surface area contributed by atoms with Gasteiger partial charge in [-0.1, -0.05) is 18.2 Å². The third kappa shape index (κ3) is 4.80. The molecular formula is C25H26F2N6OS. The Morgan fingerprint density at radius 1 is 1.14 bits per heavy atom. The summed E-state index contributed by atoms with van der Waals surface area (Å²) in [7, 11) is 1.76. The van der Waals surface area contributed by atoms with Gasteiger partial charge in [-0.25, -0.2) is 28.7 Å². The molecule has 0 spiro atoms. The van der Waals surface area contributed by atoms with E-state index in [1.807, 2.05) is 31.2 Å². The number of hydrogen-bond donors (Lipinski definition) is 1. The maximum atomic E-state index is 13.5. The Hall–Kier alpha value is -3.27. The molecule has 35 heavy (non-hydrogen) atoms. The maximum absolute atomic E-state index is 13.5. The molecule has 0 radical (unpaired) electrons. The van der Waals surface area contributed by atoms with Crippen molar-refractivity contribution >= 4 is 44.2 Å². The average Bonchev–Trinajstić information content (AvgIpc) is 3.20. The molecule has 4 aromatic rings. The van der Waals surface area contributed by atoms with E-state index < -0.39 is 5.92 Å². The molecule has 0 unspecified atom stereocenters. The van der Waals surface area contributed by atoms with Gasteiger partial charge in [0.25, 0.3) is 5.91 Å². The first-order valence-corrected chi connectivity index (χ1v) is 12.4. The summed E-state index contributed by atoms with van der Waals surface area (Å²) in [5.41, 5.74) is 2.43. The summed E-state index contributed by atoms with van der Waals surface area (Å²) in [6, 6.07) is 7.73. The van der Waals surface area contributed by atoms with Gasteiger partial charge < -0.3 is 10.2 Å². The van der Waals surface area contributed by atoms with E-state index in [1.54, 1.807) is 11.9 Å². The molecule has 1 aliphatic carbocycles. The Balaban J connectivity index is 1.35. The lowest BCUT2D eigenvalue weighted by Gasteiger charge is -2.28. The van der Waals surface area contributed by atoms with Crippen LogP contribution in [0.1, 0.15) is 46.6 Å². The summed E-state index contributed by atoms with van der Waals surface area (Å²) in [5.74, 6) is -1.84. The van der Waals surface area contributed by atoms with Gasteiger partial charge in [0.2, 0.25) is 5.92 Å². The summed E-state index contributed by atoms with van der Waals surface area (Å²) >= 11 is 1.34. The quantitative estimate of drug-likeness (QED) is 0.382. The summed E-state index contributed by atoms with van der Waals surface area (Å²) in [4.78, 5) is 33.8.